The minimum Gasteiger partial charge on any atom is -0.578 e. The number of benzene rings is 2. The van der Waals surface area contributed by atoms with Crippen LogP contribution in [0.25, 0.3) is 11.1 Å². The molecule has 43 heavy (non-hydrogen) atoms. The zero-order valence-electron chi connectivity index (χ0n) is 23.7. The van der Waals surface area contributed by atoms with Gasteiger partial charge in [0.2, 0.25) is 17.3 Å². The van der Waals surface area contributed by atoms with E-state index in [9.17, 15) is 45.2 Å². The topological polar surface area (TPSA) is 197 Å². The summed E-state index contributed by atoms with van der Waals surface area (Å²) in [5.41, 5.74) is -3.99. The third-order valence-corrected chi connectivity index (χ3v) is 8.27. The van der Waals surface area contributed by atoms with E-state index in [-0.39, 0.29) is 45.6 Å². The maximum Gasteiger partial charge on any atom is 0.374 e. The van der Waals surface area contributed by atoms with Crippen LogP contribution in [-0.4, -0.2) is 58.7 Å². The number of aliphatic hydroxyl groups excluding tert-OH is 3. The summed E-state index contributed by atoms with van der Waals surface area (Å²) in [6, 6.07) is 8.61. The number of allylic oxidation sites excluding steroid dienone is 3. The average molecular weight is 595 g/mol. The molecule has 0 radical (unpaired) electrons. The number of rotatable bonds is 6. The van der Waals surface area contributed by atoms with Crippen LogP contribution >= 0.6 is 0 Å². The largest absolute Gasteiger partial charge is 0.578 e. The second-order valence-corrected chi connectivity index (χ2v) is 10.7. The van der Waals surface area contributed by atoms with Crippen molar-refractivity contribution in [3.05, 3.63) is 81.9 Å². The summed E-state index contributed by atoms with van der Waals surface area (Å²) in [7, 11) is 0. The van der Waals surface area contributed by atoms with E-state index < -0.39 is 68.4 Å². The predicted octanol–water partition coefficient (Wildman–Crippen LogP) is 4.53. The summed E-state index contributed by atoms with van der Waals surface area (Å²) in [5, 5.41) is 67.7. The van der Waals surface area contributed by atoms with Crippen LogP contribution in [0.15, 0.2) is 65.6 Å². The first-order valence-corrected chi connectivity index (χ1v) is 13.6. The lowest BCUT2D eigenvalue weighted by molar-refractivity contribution is -1.08. The molecular weight excluding hydrogens is 564 g/mol. The minimum absolute atomic E-state index is 0.0791. The fourth-order valence-electron chi connectivity index (χ4n) is 5.47. The van der Waals surface area contributed by atoms with Crippen LogP contribution in [0.3, 0.4) is 0 Å². The van der Waals surface area contributed by atoms with E-state index in [0.29, 0.717) is 6.42 Å². The number of aliphatic hydroxyl groups is 3. The normalized spacial score (nSPS) is 25.3. The molecule has 1 amide bonds. The standard InChI is InChI=1S/C30H30N2O11/c1-5-14(3)23-28(38)32(41)30(15(4)6-2,29(39)31(23)40)42-20-13-17(9-12-19(20)43-32)22-26(36)24(34)21(25(35)27(22)37)16-7-10-18(33)11-8-16/h7-15,33-34,37-38,40H,5-6H2,1-4H3/t14-,15+,30+,32+/m0/s1. The van der Waals surface area contributed by atoms with Gasteiger partial charge in [0, 0.05) is 5.92 Å². The Morgan fingerprint density at radius 1 is 0.860 bits per heavy atom. The van der Waals surface area contributed by atoms with Gasteiger partial charge in [-0.3, -0.25) is 24.4 Å². The number of hydrogen-bond donors (Lipinski definition) is 5. The van der Waals surface area contributed by atoms with Crippen molar-refractivity contribution in [1.82, 2.24) is 5.06 Å². The monoisotopic (exact) mass is 594 g/mol. The Morgan fingerprint density at radius 2 is 1.42 bits per heavy atom. The van der Waals surface area contributed by atoms with Crippen molar-refractivity contribution in [1.29, 1.82) is 0 Å². The van der Waals surface area contributed by atoms with Crippen molar-refractivity contribution in [2.45, 2.75) is 46.3 Å². The van der Waals surface area contributed by atoms with E-state index in [2.05, 4.69) is 0 Å². The third-order valence-electron chi connectivity index (χ3n) is 8.27. The molecule has 0 saturated carbocycles. The Bertz CT molecular complexity index is 1660. The number of quaternary nitrogens is 1. The molecule has 5 N–H and O–H groups in total. The van der Waals surface area contributed by atoms with Crippen molar-refractivity contribution in [2.75, 3.05) is 0 Å². The number of hydroxylamine groups is 6. The molecule has 1 aliphatic carbocycles. The number of ether oxygens (including phenoxy) is 1. The van der Waals surface area contributed by atoms with Crippen molar-refractivity contribution in [3.63, 3.8) is 0 Å². The second kappa shape index (κ2) is 10.2. The summed E-state index contributed by atoms with van der Waals surface area (Å²) in [5.74, 6) is -8.45. The highest BCUT2D eigenvalue weighted by molar-refractivity contribution is 6.46. The Labute approximate surface area is 245 Å². The van der Waals surface area contributed by atoms with Crippen LogP contribution in [0, 0.1) is 17.0 Å². The Kier molecular flexibility index (Phi) is 7.00. The number of fused-ring (bicyclic) bond motifs is 2. The highest BCUT2D eigenvalue weighted by atomic mass is 17.0. The Balaban J connectivity index is 1.64. The average Bonchev–Trinajstić information content (AvgIpc) is 2.99. The summed E-state index contributed by atoms with van der Waals surface area (Å²) in [4.78, 5) is 43.8. The summed E-state index contributed by atoms with van der Waals surface area (Å²) in [6.45, 7) is 6.51. The summed E-state index contributed by atoms with van der Waals surface area (Å²) >= 11 is 0. The lowest BCUT2D eigenvalue weighted by Gasteiger charge is -2.56. The number of hydrogen-bond acceptors (Lipinski definition) is 11. The van der Waals surface area contributed by atoms with Gasteiger partial charge in [-0.2, -0.15) is 5.06 Å². The first-order valence-electron chi connectivity index (χ1n) is 13.6. The van der Waals surface area contributed by atoms with Gasteiger partial charge in [-0.25, -0.2) is 0 Å². The lowest BCUT2D eigenvalue weighted by Crippen LogP contribution is -2.78. The van der Waals surface area contributed by atoms with E-state index in [0.717, 1.165) is 6.07 Å². The molecule has 5 rings (SSSR count). The Hall–Kier alpha value is -4.85. The van der Waals surface area contributed by atoms with Crippen molar-refractivity contribution in [2.24, 2.45) is 11.8 Å². The number of carbonyl (C=O) groups excluding carboxylic acids is 3. The van der Waals surface area contributed by atoms with Gasteiger partial charge in [-0.05, 0) is 54.3 Å². The maximum absolute atomic E-state index is 14.4. The Morgan fingerprint density at radius 3 is 1.98 bits per heavy atom. The van der Waals surface area contributed by atoms with Gasteiger partial charge in [-0.15, -0.1) is 0 Å². The maximum atomic E-state index is 14.4. The molecule has 0 bridgehead atoms. The third kappa shape index (κ3) is 4.00. The molecule has 0 spiro atoms. The fourth-order valence-corrected chi connectivity index (χ4v) is 5.47. The number of Topliss-reactive ketones (excluding diaryl/α,β-unsaturated/α-hetero) is 2. The van der Waals surface area contributed by atoms with Crippen molar-refractivity contribution in [3.8, 4) is 17.2 Å². The molecule has 226 valence electrons. The van der Waals surface area contributed by atoms with Gasteiger partial charge in [-0.1, -0.05) is 44.6 Å². The van der Waals surface area contributed by atoms with E-state index >= 15 is 0 Å². The van der Waals surface area contributed by atoms with Crippen LogP contribution < -0.4 is 9.57 Å². The number of amides is 1. The first kappa shape index (κ1) is 29.6. The zero-order valence-corrected chi connectivity index (χ0v) is 23.7. The second-order valence-electron chi connectivity index (χ2n) is 10.7. The van der Waals surface area contributed by atoms with Gasteiger partial charge in [0.1, 0.15) is 5.75 Å². The summed E-state index contributed by atoms with van der Waals surface area (Å²) in [6.07, 6.45) is 0.533. The van der Waals surface area contributed by atoms with Crippen LogP contribution in [0.5, 0.6) is 17.2 Å². The molecule has 2 aromatic carbocycles. The number of phenolic OH excluding ortho intramolecular Hbond substituents is 1. The molecule has 0 unspecified atom stereocenters. The fraction of sp³-hybridized carbons (Fsp3) is 0.300. The molecule has 2 heterocycles. The molecule has 13 heteroatoms. The van der Waals surface area contributed by atoms with E-state index in [1.54, 1.807) is 20.8 Å². The van der Waals surface area contributed by atoms with Crippen LogP contribution in [0.4, 0.5) is 0 Å². The molecule has 13 nitrogen and oxygen atoms in total. The number of phenols is 1. The molecular formula is C30H30N2O11. The molecule has 3 aliphatic rings. The van der Waals surface area contributed by atoms with E-state index in [1.807, 2.05) is 0 Å². The number of carbonyl (C=O) groups is 3. The quantitative estimate of drug-likeness (QED) is 0.136. The predicted molar refractivity (Wildman–Crippen MR) is 148 cm³/mol. The van der Waals surface area contributed by atoms with Crippen molar-refractivity contribution >= 4 is 28.6 Å². The highest BCUT2D eigenvalue weighted by Gasteiger charge is 2.72. The summed E-state index contributed by atoms with van der Waals surface area (Å²) < 4.78 is 6.04. The molecule has 2 aliphatic heterocycles. The van der Waals surface area contributed by atoms with Gasteiger partial charge < -0.3 is 30.4 Å². The number of aromatic hydroxyl groups is 1. The lowest BCUT2D eigenvalue weighted by atomic mass is 9.86. The molecule has 0 fully saturated rings. The molecule has 2 aromatic rings. The van der Waals surface area contributed by atoms with Crippen LogP contribution in [0.1, 0.15) is 51.7 Å². The number of ketones is 2. The SMILES string of the molecule is CC[C@@H](C)[C@]12Oc3cc(C4=C(O)C(=O)C(c5ccc(O)cc5)=C(O)C4=O)ccc3O[N@+]1([O-])C(O)=C([C@@H](C)CC)N(O)C2=O. The smallest absolute Gasteiger partial charge is 0.374 e. The zero-order chi connectivity index (χ0) is 31.6. The van der Waals surface area contributed by atoms with Gasteiger partial charge in [0.05, 0.1) is 17.1 Å². The van der Waals surface area contributed by atoms with Crippen LogP contribution in [0.2, 0.25) is 0 Å². The van der Waals surface area contributed by atoms with E-state index in [4.69, 9.17) is 9.57 Å². The van der Waals surface area contributed by atoms with Gasteiger partial charge in [0.15, 0.2) is 23.0 Å². The molecule has 4 atom stereocenters. The van der Waals surface area contributed by atoms with E-state index in [1.165, 1.54) is 43.3 Å². The highest BCUT2D eigenvalue weighted by Crippen LogP contribution is 2.52. The van der Waals surface area contributed by atoms with Crippen molar-refractivity contribution < 1.29 is 54.4 Å². The molecule has 0 aromatic heterocycles. The number of nitrogens with zero attached hydrogens (tertiary/aromatic N) is 2. The van der Waals surface area contributed by atoms with Gasteiger partial charge >= 0.3 is 17.5 Å². The van der Waals surface area contributed by atoms with Gasteiger partial charge in [0.25, 0.3) is 0 Å². The molecule has 0 saturated heterocycles. The minimum atomic E-state index is -2.56. The van der Waals surface area contributed by atoms with Crippen LogP contribution in [-0.2, 0) is 14.4 Å². The first-order chi connectivity index (χ1) is 20.2.